The Balaban J connectivity index is 2.63. The average molecular weight is 151 g/mol. The van der Waals surface area contributed by atoms with Crippen LogP contribution in [-0.4, -0.2) is 30.3 Å². The van der Waals surface area contributed by atoms with Gasteiger partial charge in [-0.3, -0.25) is 9.69 Å². The number of hydrogen-bond acceptors (Lipinski definition) is 2. The molecule has 0 bridgehead atoms. The van der Waals surface area contributed by atoms with Gasteiger partial charge in [0.25, 0.3) is 0 Å². The molecular weight excluding hydrogens is 138 g/mol. The fourth-order valence-electron chi connectivity index (χ4n) is 1.01. The molecule has 1 aliphatic carbocycles. The van der Waals surface area contributed by atoms with Crippen molar-refractivity contribution in [3.05, 3.63) is 0 Å². The van der Waals surface area contributed by atoms with E-state index in [9.17, 15) is 4.79 Å². The van der Waals surface area contributed by atoms with Gasteiger partial charge in [0, 0.05) is 6.92 Å². The Hall–Kier alpha value is -0.810. The lowest BCUT2D eigenvalue weighted by Crippen LogP contribution is -2.28. The molecule has 0 aromatic carbocycles. The van der Waals surface area contributed by atoms with Gasteiger partial charge < -0.3 is 0 Å². The van der Waals surface area contributed by atoms with E-state index in [4.69, 9.17) is 0 Å². The van der Waals surface area contributed by atoms with Crippen molar-refractivity contribution in [2.75, 3.05) is 14.1 Å². The second kappa shape index (κ2) is 2.67. The molecule has 0 atom stereocenters. The summed E-state index contributed by atoms with van der Waals surface area (Å²) in [4.78, 5) is 12.6. The van der Waals surface area contributed by atoms with Crippen molar-refractivity contribution in [3.8, 4) is 11.8 Å². The molecule has 2 nitrogen and oxygen atoms in total. The molecule has 1 saturated carbocycles. The fourth-order valence-corrected chi connectivity index (χ4v) is 1.01. The Kier molecular flexibility index (Phi) is 2.01. The van der Waals surface area contributed by atoms with Gasteiger partial charge in [-0.25, -0.2) is 0 Å². The van der Waals surface area contributed by atoms with Crippen LogP contribution in [0.4, 0.5) is 0 Å². The van der Waals surface area contributed by atoms with Crippen LogP contribution in [0.1, 0.15) is 19.8 Å². The number of carbonyl (C=O) groups is 1. The van der Waals surface area contributed by atoms with Crippen LogP contribution in [0.5, 0.6) is 0 Å². The predicted octanol–water partition coefficient (Wildman–Crippen LogP) is 0.673. The quantitative estimate of drug-likeness (QED) is 0.405. The van der Waals surface area contributed by atoms with E-state index < -0.39 is 0 Å². The molecule has 0 heterocycles. The number of rotatable bonds is 1. The van der Waals surface area contributed by atoms with Gasteiger partial charge in [0.05, 0.1) is 5.54 Å². The average Bonchev–Trinajstić information content (AvgIpc) is 2.63. The fraction of sp³-hybridized carbons (Fsp3) is 0.667. The molecule has 0 radical (unpaired) electrons. The minimum Gasteiger partial charge on any atom is -0.293 e. The van der Waals surface area contributed by atoms with Gasteiger partial charge in [-0.05, 0) is 32.9 Å². The Morgan fingerprint density at radius 3 is 2.27 bits per heavy atom. The first-order chi connectivity index (χ1) is 5.07. The van der Waals surface area contributed by atoms with Crippen molar-refractivity contribution >= 4 is 5.78 Å². The molecule has 0 amide bonds. The summed E-state index contributed by atoms with van der Waals surface area (Å²) < 4.78 is 0. The lowest BCUT2D eigenvalue weighted by atomic mass is 10.2. The molecule has 1 fully saturated rings. The lowest BCUT2D eigenvalue weighted by molar-refractivity contribution is -0.111. The van der Waals surface area contributed by atoms with Crippen LogP contribution in [-0.2, 0) is 4.79 Å². The molecule has 0 saturated heterocycles. The molecule has 0 aromatic heterocycles. The molecule has 0 aliphatic heterocycles. The summed E-state index contributed by atoms with van der Waals surface area (Å²) in [5.41, 5.74) is 0.0334. The second-order valence-electron chi connectivity index (χ2n) is 3.23. The maximum absolute atomic E-state index is 10.5. The van der Waals surface area contributed by atoms with Crippen LogP contribution in [0, 0.1) is 11.8 Å². The third-order valence-electron chi connectivity index (χ3n) is 2.05. The van der Waals surface area contributed by atoms with E-state index in [1.54, 1.807) is 0 Å². The van der Waals surface area contributed by atoms with Crippen LogP contribution in [0.15, 0.2) is 0 Å². The Labute approximate surface area is 67.6 Å². The first-order valence-corrected chi connectivity index (χ1v) is 3.78. The first kappa shape index (κ1) is 8.29. The SMILES string of the molecule is CC(=O)C#CC1(N(C)C)CC1. The number of ketones is 1. The summed E-state index contributed by atoms with van der Waals surface area (Å²) >= 11 is 0. The van der Waals surface area contributed by atoms with Crippen molar-refractivity contribution in [3.63, 3.8) is 0 Å². The summed E-state index contributed by atoms with van der Waals surface area (Å²) in [5.74, 6) is 5.55. The standard InChI is InChI=1S/C9H13NO/c1-8(11)4-5-9(6-7-9)10(2)3/h6-7H2,1-3H3. The zero-order valence-corrected chi connectivity index (χ0v) is 7.27. The molecule has 1 rings (SSSR count). The van der Waals surface area contributed by atoms with Crippen molar-refractivity contribution in [2.24, 2.45) is 0 Å². The molecule has 0 unspecified atom stereocenters. The zero-order valence-electron chi connectivity index (χ0n) is 7.27. The maximum atomic E-state index is 10.5. The van der Waals surface area contributed by atoms with E-state index in [-0.39, 0.29) is 11.3 Å². The van der Waals surface area contributed by atoms with Crippen LogP contribution >= 0.6 is 0 Å². The van der Waals surface area contributed by atoms with Gasteiger partial charge in [0.15, 0.2) is 0 Å². The topological polar surface area (TPSA) is 20.3 Å². The van der Waals surface area contributed by atoms with E-state index in [2.05, 4.69) is 16.7 Å². The largest absolute Gasteiger partial charge is 0.293 e. The van der Waals surface area contributed by atoms with Crippen molar-refractivity contribution in [1.29, 1.82) is 0 Å². The van der Waals surface area contributed by atoms with Crippen LogP contribution < -0.4 is 0 Å². The van der Waals surface area contributed by atoms with Crippen molar-refractivity contribution in [2.45, 2.75) is 25.3 Å². The van der Waals surface area contributed by atoms with E-state index in [0.717, 1.165) is 12.8 Å². The Morgan fingerprint density at radius 2 is 2.00 bits per heavy atom. The zero-order chi connectivity index (χ0) is 8.48. The highest BCUT2D eigenvalue weighted by molar-refractivity contribution is 5.93. The molecule has 11 heavy (non-hydrogen) atoms. The van der Waals surface area contributed by atoms with Gasteiger partial charge in [-0.2, -0.15) is 0 Å². The molecule has 60 valence electrons. The highest BCUT2D eigenvalue weighted by Gasteiger charge is 2.43. The molecule has 2 heteroatoms. The highest BCUT2D eigenvalue weighted by atomic mass is 16.1. The molecular formula is C9H13NO. The van der Waals surface area contributed by atoms with Crippen molar-refractivity contribution in [1.82, 2.24) is 4.90 Å². The summed E-state index contributed by atoms with van der Waals surface area (Å²) in [7, 11) is 4.00. The van der Waals surface area contributed by atoms with Gasteiger partial charge in [0.2, 0.25) is 5.78 Å². The molecule has 0 spiro atoms. The molecule has 0 N–H and O–H groups in total. The van der Waals surface area contributed by atoms with Crippen molar-refractivity contribution < 1.29 is 4.79 Å². The van der Waals surface area contributed by atoms with E-state index in [1.165, 1.54) is 6.92 Å². The predicted molar refractivity (Wildman–Crippen MR) is 44.1 cm³/mol. The first-order valence-electron chi connectivity index (χ1n) is 3.78. The number of Topliss-reactive ketones (excluding diaryl/α,β-unsaturated/α-hetero) is 1. The van der Waals surface area contributed by atoms with E-state index >= 15 is 0 Å². The summed E-state index contributed by atoms with van der Waals surface area (Å²) in [6.07, 6.45) is 2.20. The maximum Gasteiger partial charge on any atom is 0.202 e. The van der Waals surface area contributed by atoms with Gasteiger partial charge in [-0.15, -0.1) is 0 Å². The van der Waals surface area contributed by atoms with Gasteiger partial charge in [0.1, 0.15) is 0 Å². The smallest absolute Gasteiger partial charge is 0.202 e. The number of nitrogens with zero attached hydrogens (tertiary/aromatic N) is 1. The van der Waals surface area contributed by atoms with E-state index in [0.29, 0.717) is 0 Å². The number of hydrogen-bond donors (Lipinski definition) is 0. The second-order valence-corrected chi connectivity index (χ2v) is 3.23. The lowest BCUT2D eigenvalue weighted by Gasteiger charge is -2.16. The van der Waals surface area contributed by atoms with Crippen LogP contribution in [0.3, 0.4) is 0 Å². The minimum absolute atomic E-state index is 0.0334. The highest BCUT2D eigenvalue weighted by Crippen LogP contribution is 2.39. The minimum atomic E-state index is -0.0434. The third kappa shape index (κ3) is 1.81. The summed E-state index contributed by atoms with van der Waals surface area (Å²) in [6, 6.07) is 0. The number of carbonyl (C=O) groups excluding carboxylic acids is 1. The summed E-state index contributed by atoms with van der Waals surface area (Å²) in [5, 5.41) is 0. The molecule has 1 aliphatic rings. The van der Waals surface area contributed by atoms with Crippen LogP contribution in [0.25, 0.3) is 0 Å². The Bertz CT molecular complexity index is 228. The van der Waals surface area contributed by atoms with Gasteiger partial charge in [-0.1, -0.05) is 5.92 Å². The van der Waals surface area contributed by atoms with Crippen LogP contribution in [0.2, 0.25) is 0 Å². The Morgan fingerprint density at radius 1 is 1.45 bits per heavy atom. The normalized spacial score (nSPS) is 18.9. The third-order valence-corrected chi connectivity index (χ3v) is 2.05. The van der Waals surface area contributed by atoms with E-state index in [1.807, 2.05) is 14.1 Å². The molecule has 0 aromatic rings. The summed E-state index contributed by atoms with van der Waals surface area (Å²) in [6.45, 7) is 1.50. The monoisotopic (exact) mass is 151 g/mol. The van der Waals surface area contributed by atoms with Gasteiger partial charge >= 0.3 is 0 Å².